The monoisotopic (exact) mass is 390 g/mol. The molecule has 8 heteroatoms. The highest BCUT2D eigenvalue weighted by atomic mass is 16.5. The van der Waals surface area contributed by atoms with Crippen molar-refractivity contribution < 1.29 is 4.74 Å². The third-order valence-corrected chi connectivity index (χ3v) is 5.22. The van der Waals surface area contributed by atoms with Crippen molar-refractivity contribution in [2.24, 2.45) is 0 Å². The van der Waals surface area contributed by atoms with Crippen molar-refractivity contribution >= 4 is 34.1 Å². The Balaban J connectivity index is 1.39. The van der Waals surface area contributed by atoms with Gasteiger partial charge in [0.1, 0.15) is 18.2 Å². The molecule has 0 amide bonds. The molecule has 0 spiro atoms. The van der Waals surface area contributed by atoms with Crippen LogP contribution in [0.3, 0.4) is 0 Å². The first-order valence-electron chi connectivity index (χ1n) is 9.97. The zero-order chi connectivity index (χ0) is 19.6. The van der Waals surface area contributed by atoms with Gasteiger partial charge in [-0.25, -0.2) is 4.98 Å². The molecule has 29 heavy (non-hydrogen) atoms. The molecule has 0 unspecified atom stereocenters. The van der Waals surface area contributed by atoms with Gasteiger partial charge in [0, 0.05) is 18.8 Å². The summed E-state index contributed by atoms with van der Waals surface area (Å²) >= 11 is 0. The smallest absolute Gasteiger partial charge is 0.247 e. The first-order valence-corrected chi connectivity index (χ1v) is 9.97. The van der Waals surface area contributed by atoms with Gasteiger partial charge in [-0.1, -0.05) is 6.07 Å². The second-order valence-electron chi connectivity index (χ2n) is 7.37. The summed E-state index contributed by atoms with van der Waals surface area (Å²) in [5.74, 6) is 2.34. The summed E-state index contributed by atoms with van der Waals surface area (Å²) < 4.78 is 7.01. The van der Waals surface area contributed by atoms with Gasteiger partial charge >= 0.3 is 0 Å². The number of aromatic amines is 1. The molecule has 0 bridgehead atoms. The average molecular weight is 390 g/mol. The maximum atomic E-state index is 5.14. The van der Waals surface area contributed by atoms with E-state index in [0.717, 1.165) is 46.9 Å². The van der Waals surface area contributed by atoms with E-state index in [2.05, 4.69) is 43.2 Å². The lowest BCUT2D eigenvalue weighted by molar-refractivity contribution is 0.179. The van der Waals surface area contributed by atoms with Gasteiger partial charge in [0.25, 0.3) is 0 Å². The number of anilines is 3. The zero-order valence-electron chi connectivity index (χ0n) is 16.4. The predicted octanol–water partition coefficient (Wildman–Crippen LogP) is 4.05. The van der Waals surface area contributed by atoms with Crippen molar-refractivity contribution in [1.29, 1.82) is 0 Å². The van der Waals surface area contributed by atoms with Gasteiger partial charge in [0.2, 0.25) is 5.95 Å². The Hall–Kier alpha value is -3.13. The SMILES string of the molecule is COCc1nc2ccc(Nc3nc4cccc(NC5CC[CH]CC5)n4n3)cc2[nH]1. The van der Waals surface area contributed by atoms with Crippen LogP contribution in [0.25, 0.3) is 16.7 Å². The Kier molecular flexibility index (Phi) is 4.77. The quantitative estimate of drug-likeness (QED) is 0.460. The lowest BCUT2D eigenvalue weighted by Gasteiger charge is -2.23. The second-order valence-corrected chi connectivity index (χ2v) is 7.37. The number of benzene rings is 1. The van der Waals surface area contributed by atoms with Crippen molar-refractivity contribution in [1.82, 2.24) is 24.6 Å². The van der Waals surface area contributed by atoms with Gasteiger partial charge in [-0.3, -0.25) is 0 Å². The van der Waals surface area contributed by atoms with Crippen molar-refractivity contribution in [2.45, 2.75) is 38.3 Å². The summed E-state index contributed by atoms with van der Waals surface area (Å²) in [4.78, 5) is 12.4. The number of aromatic nitrogens is 5. The molecule has 3 aromatic heterocycles. The number of hydrogen-bond donors (Lipinski definition) is 3. The van der Waals surface area contributed by atoms with Crippen LogP contribution in [0, 0.1) is 6.42 Å². The second kappa shape index (κ2) is 7.71. The highest BCUT2D eigenvalue weighted by Gasteiger charge is 2.15. The van der Waals surface area contributed by atoms with Gasteiger partial charge < -0.3 is 20.4 Å². The van der Waals surface area contributed by atoms with Crippen LogP contribution in [-0.4, -0.2) is 37.7 Å². The fourth-order valence-electron chi connectivity index (χ4n) is 3.82. The Labute approximate surface area is 168 Å². The van der Waals surface area contributed by atoms with Crippen LogP contribution in [0.4, 0.5) is 17.5 Å². The van der Waals surface area contributed by atoms with E-state index in [1.807, 2.05) is 34.8 Å². The van der Waals surface area contributed by atoms with E-state index in [1.54, 1.807) is 7.11 Å². The van der Waals surface area contributed by atoms with Crippen LogP contribution >= 0.6 is 0 Å². The van der Waals surface area contributed by atoms with Gasteiger partial charge in [0.15, 0.2) is 5.65 Å². The molecule has 0 saturated heterocycles. The van der Waals surface area contributed by atoms with E-state index >= 15 is 0 Å². The number of methoxy groups -OCH3 is 1. The van der Waals surface area contributed by atoms with E-state index in [4.69, 9.17) is 4.74 Å². The van der Waals surface area contributed by atoms with Crippen molar-refractivity contribution in [2.75, 3.05) is 17.7 Å². The number of nitrogens with one attached hydrogen (secondary N) is 3. The Morgan fingerprint density at radius 2 is 2.07 bits per heavy atom. The number of nitrogens with zero attached hydrogens (tertiary/aromatic N) is 4. The molecule has 5 rings (SSSR count). The van der Waals surface area contributed by atoms with Gasteiger partial charge in [-0.05, 0) is 62.4 Å². The lowest BCUT2D eigenvalue weighted by atomic mass is 9.95. The lowest BCUT2D eigenvalue weighted by Crippen LogP contribution is -2.23. The third kappa shape index (κ3) is 3.75. The fraction of sp³-hybridized carbons (Fsp3) is 0.333. The molecule has 0 aliphatic heterocycles. The van der Waals surface area contributed by atoms with Gasteiger partial charge in [-0.2, -0.15) is 9.50 Å². The Morgan fingerprint density at radius 3 is 2.93 bits per heavy atom. The number of hydrogen-bond acceptors (Lipinski definition) is 6. The molecule has 1 aromatic carbocycles. The normalized spacial score (nSPS) is 15.2. The molecule has 8 nitrogen and oxygen atoms in total. The molecule has 0 atom stereocenters. The van der Waals surface area contributed by atoms with Crippen molar-refractivity contribution in [3.05, 3.63) is 48.6 Å². The van der Waals surface area contributed by atoms with Crippen molar-refractivity contribution in [3.8, 4) is 0 Å². The van der Waals surface area contributed by atoms with Crippen LogP contribution in [0.5, 0.6) is 0 Å². The van der Waals surface area contributed by atoms with E-state index in [1.165, 1.54) is 12.8 Å². The average Bonchev–Trinajstić information content (AvgIpc) is 3.32. The molecule has 3 N–H and O–H groups in total. The summed E-state index contributed by atoms with van der Waals surface area (Å²) in [6, 6.07) is 12.5. The number of rotatable bonds is 6. The number of pyridine rings is 1. The Morgan fingerprint density at radius 1 is 1.17 bits per heavy atom. The maximum Gasteiger partial charge on any atom is 0.247 e. The van der Waals surface area contributed by atoms with Crippen LogP contribution in [-0.2, 0) is 11.3 Å². The summed E-state index contributed by atoms with van der Waals surface area (Å²) in [6.07, 6.45) is 7.02. The van der Waals surface area contributed by atoms with Gasteiger partial charge in [0.05, 0.1) is 11.0 Å². The van der Waals surface area contributed by atoms with E-state index in [-0.39, 0.29) is 0 Å². The number of ether oxygens (including phenoxy) is 1. The van der Waals surface area contributed by atoms with Crippen molar-refractivity contribution in [3.63, 3.8) is 0 Å². The summed E-state index contributed by atoms with van der Waals surface area (Å²) in [5.41, 5.74) is 3.56. The molecule has 149 valence electrons. The highest BCUT2D eigenvalue weighted by molar-refractivity contribution is 5.80. The minimum absolute atomic E-state index is 0.459. The zero-order valence-corrected chi connectivity index (χ0v) is 16.4. The minimum Gasteiger partial charge on any atom is -0.377 e. The molecule has 1 aliphatic rings. The molecular formula is C21H24N7O. The topological polar surface area (TPSA) is 92.2 Å². The van der Waals surface area contributed by atoms with E-state index in [9.17, 15) is 0 Å². The standard InChI is InChI=1S/C21H24N7O/c1-29-13-18-24-16-11-10-15(12-17(16)25-18)23-21-26-20-9-5-8-19(28(20)27-21)22-14-6-3-2-4-7-14/h2,5,8-12,14,22H,3-4,6-7,13H2,1H3,(H,23,27)(H,24,25). The Bertz CT molecular complexity index is 1130. The predicted molar refractivity (Wildman–Crippen MR) is 113 cm³/mol. The molecular weight excluding hydrogens is 366 g/mol. The number of fused-ring (bicyclic) bond motifs is 2. The summed E-state index contributed by atoms with van der Waals surface area (Å²) in [7, 11) is 1.66. The van der Waals surface area contributed by atoms with Crippen LogP contribution in [0.1, 0.15) is 31.5 Å². The summed E-state index contributed by atoms with van der Waals surface area (Å²) in [5, 5.41) is 11.6. The van der Waals surface area contributed by atoms with E-state index < -0.39 is 0 Å². The van der Waals surface area contributed by atoms with Crippen LogP contribution < -0.4 is 10.6 Å². The van der Waals surface area contributed by atoms with Crippen LogP contribution in [0.2, 0.25) is 0 Å². The molecule has 3 heterocycles. The molecule has 1 radical (unpaired) electrons. The summed E-state index contributed by atoms with van der Waals surface area (Å²) in [6.45, 7) is 0.459. The number of H-pyrrole nitrogens is 1. The molecule has 1 fully saturated rings. The van der Waals surface area contributed by atoms with E-state index in [0.29, 0.717) is 18.6 Å². The first-order chi connectivity index (χ1) is 14.3. The molecule has 4 aromatic rings. The largest absolute Gasteiger partial charge is 0.377 e. The van der Waals surface area contributed by atoms with Gasteiger partial charge in [-0.15, -0.1) is 5.10 Å². The molecule has 1 saturated carbocycles. The van der Waals surface area contributed by atoms with Crippen LogP contribution in [0.15, 0.2) is 36.4 Å². The highest BCUT2D eigenvalue weighted by Crippen LogP contribution is 2.23. The minimum atomic E-state index is 0.459. The maximum absolute atomic E-state index is 5.14. The first kappa shape index (κ1) is 17.9. The molecule has 1 aliphatic carbocycles. The third-order valence-electron chi connectivity index (χ3n) is 5.22. The number of imidazole rings is 1. The fourth-order valence-corrected chi connectivity index (χ4v) is 3.82.